The van der Waals surface area contributed by atoms with Gasteiger partial charge in [0.2, 0.25) is 11.8 Å². The second kappa shape index (κ2) is 4.20. The average molecular weight is 232 g/mol. The summed E-state index contributed by atoms with van der Waals surface area (Å²) in [4.78, 5) is 25.3. The molecule has 1 saturated heterocycles. The number of carbonyl (C=O) groups excluding carboxylic acids is 2. The van der Waals surface area contributed by atoms with Crippen LogP contribution in [0.5, 0.6) is 0 Å². The fourth-order valence-corrected chi connectivity index (χ4v) is 1.97. The van der Waals surface area contributed by atoms with Crippen LogP contribution in [0.25, 0.3) is 0 Å². The monoisotopic (exact) mass is 232 g/mol. The van der Waals surface area contributed by atoms with E-state index < -0.39 is 12.1 Å². The Bertz CT molecular complexity index is 453. The minimum Gasteiger partial charge on any atom is -0.343 e. The highest BCUT2D eigenvalue weighted by Crippen LogP contribution is 2.21. The highest BCUT2D eigenvalue weighted by Gasteiger charge is 2.36. The number of amides is 2. The SMILES string of the molecule is Cc1ccc(N2C(=O)C(C)NC(=O)C2C)cc1. The van der Waals surface area contributed by atoms with Crippen LogP contribution in [0.15, 0.2) is 24.3 Å². The molecule has 1 heterocycles. The van der Waals surface area contributed by atoms with Crippen molar-refractivity contribution in [2.45, 2.75) is 32.9 Å². The standard InChI is InChI=1S/C13H16N2O2/c1-8-4-6-11(7-5-8)15-10(3)12(16)14-9(2)13(15)17/h4-7,9-10H,1-3H3,(H,14,16). The number of hydrogen-bond acceptors (Lipinski definition) is 2. The molecule has 0 saturated carbocycles. The maximum atomic E-state index is 12.1. The van der Waals surface area contributed by atoms with E-state index in [1.54, 1.807) is 18.7 Å². The number of aryl methyl sites for hydroxylation is 1. The quantitative estimate of drug-likeness (QED) is 0.791. The van der Waals surface area contributed by atoms with Crippen molar-refractivity contribution >= 4 is 17.5 Å². The zero-order chi connectivity index (χ0) is 12.6. The molecule has 4 nitrogen and oxygen atoms in total. The summed E-state index contributed by atoms with van der Waals surface area (Å²) in [6.07, 6.45) is 0. The maximum Gasteiger partial charge on any atom is 0.250 e. The van der Waals surface area contributed by atoms with Gasteiger partial charge in [-0.15, -0.1) is 0 Å². The Hall–Kier alpha value is -1.84. The minimum atomic E-state index is -0.458. The van der Waals surface area contributed by atoms with E-state index in [9.17, 15) is 9.59 Å². The summed E-state index contributed by atoms with van der Waals surface area (Å²) in [5, 5.41) is 2.66. The first kappa shape index (κ1) is 11.6. The molecule has 90 valence electrons. The van der Waals surface area contributed by atoms with Crippen LogP contribution in [0.1, 0.15) is 19.4 Å². The van der Waals surface area contributed by atoms with Gasteiger partial charge in [0, 0.05) is 5.69 Å². The summed E-state index contributed by atoms with van der Waals surface area (Å²) in [5.41, 5.74) is 1.90. The maximum absolute atomic E-state index is 12.1. The van der Waals surface area contributed by atoms with Gasteiger partial charge in [0.15, 0.2) is 0 Å². The van der Waals surface area contributed by atoms with Crippen LogP contribution in [0.2, 0.25) is 0 Å². The largest absolute Gasteiger partial charge is 0.343 e. The molecule has 1 aliphatic heterocycles. The second-order valence-electron chi connectivity index (χ2n) is 4.45. The summed E-state index contributed by atoms with van der Waals surface area (Å²) in [6.45, 7) is 5.42. The molecule has 0 aliphatic carbocycles. The van der Waals surface area contributed by atoms with Gasteiger partial charge in [0.1, 0.15) is 12.1 Å². The van der Waals surface area contributed by atoms with Crippen molar-refractivity contribution in [2.75, 3.05) is 4.90 Å². The number of benzene rings is 1. The molecule has 4 heteroatoms. The van der Waals surface area contributed by atoms with Gasteiger partial charge >= 0.3 is 0 Å². The molecule has 2 unspecified atom stereocenters. The third-order valence-corrected chi connectivity index (χ3v) is 3.05. The topological polar surface area (TPSA) is 49.4 Å². The molecular formula is C13H16N2O2. The number of anilines is 1. The summed E-state index contributed by atoms with van der Waals surface area (Å²) in [5.74, 6) is -0.182. The molecule has 17 heavy (non-hydrogen) atoms. The molecule has 2 atom stereocenters. The second-order valence-corrected chi connectivity index (χ2v) is 4.45. The van der Waals surface area contributed by atoms with Gasteiger partial charge in [0.25, 0.3) is 0 Å². The number of rotatable bonds is 1. The molecule has 1 fully saturated rings. The van der Waals surface area contributed by atoms with Gasteiger partial charge in [-0.2, -0.15) is 0 Å². The lowest BCUT2D eigenvalue weighted by Gasteiger charge is -2.36. The van der Waals surface area contributed by atoms with Crippen LogP contribution in [-0.4, -0.2) is 23.9 Å². The van der Waals surface area contributed by atoms with Crippen molar-refractivity contribution in [3.63, 3.8) is 0 Å². The Kier molecular flexibility index (Phi) is 2.88. The average Bonchev–Trinajstić information content (AvgIpc) is 2.29. The Morgan fingerprint density at radius 3 is 2.29 bits per heavy atom. The van der Waals surface area contributed by atoms with Crippen molar-refractivity contribution in [3.8, 4) is 0 Å². The Morgan fingerprint density at radius 2 is 1.71 bits per heavy atom. The van der Waals surface area contributed by atoms with E-state index in [0.29, 0.717) is 0 Å². The van der Waals surface area contributed by atoms with Crippen molar-refractivity contribution in [1.82, 2.24) is 5.32 Å². The van der Waals surface area contributed by atoms with E-state index >= 15 is 0 Å². The van der Waals surface area contributed by atoms with Gasteiger partial charge in [-0.3, -0.25) is 14.5 Å². The first-order valence-electron chi connectivity index (χ1n) is 5.71. The van der Waals surface area contributed by atoms with Crippen LogP contribution in [0.3, 0.4) is 0 Å². The molecule has 1 N–H and O–H groups in total. The summed E-state index contributed by atoms with van der Waals surface area (Å²) in [6, 6.07) is 6.70. The lowest BCUT2D eigenvalue weighted by molar-refractivity contribution is -0.133. The zero-order valence-corrected chi connectivity index (χ0v) is 10.2. The molecule has 0 spiro atoms. The van der Waals surface area contributed by atoms with Crippen molar-refractivity contribution < 1.29 is 9.59 Å². The van der Waals surface area contributed by atoms with Crippen LogP contribution in [0, 0.1) is 6.92 Å². The van der Waals surface area contributed by atoms with Gasteiger partial charge in [-0.05, 0) is 32.9 Å². The van der Waals surface area contributed by atoms with Crippen LogP contribution in [-0.2, 0) is 9.59 Å². The molecular weight excluding hydrogens is 216 g/mol. The van der Waals surface area contributed by atoms with E-state index in [1.165, 1.54) is 0 Å². The van der Waals surface area contributed by atoms with Crippen LogP contribution < -0.4 is 10.2 Å². The molecule has 1 aliphatic rings. The van der Waals surface area contributed by atoms with Gasteiger partial charge in [-0.1, -0.05) is 17.7 Å². The molecule has 0 radical (unpaired) electrons. The fourth-order valence-electron chi connectivity index (χ4n) is 1.97. The summed E-state index contributed by atoms with van der Waals surface area (Å²) < 4.78 is 0. The van der Waals surface area contributed by atoms with Crippen LogP contribution in [0.4, 0.5) is 5.69 Å². The Balaban J connectivity index is 2.37. The Labute approximate surface area is 101 Å². The van der Waals surface area contributed by atoms with E-state index in [-0.39, 0.29) is 11.8 Å². The first-order chi connectivity index (χ1) is 8.00. The number of piperazine rings is 1. The van der Waals surface area contributed by atoms with Gasteiger partial charge in [0.05, 0.1) is 0 Å². The molecule has 0 aromatic heterocycles. The molecule has 2 amide bonds. The van der Waals surface area contributed by atoms with Gasteiger partial charge < -0.3 is 5.32 Å². The molecule has 2 rings (SSSR count). The number of nitrogens with one attached hydrogen (secondary N) is 1. The molecule has 0 bridgehead atoms. The summed E-state index contributed by atoms with van der Waals surface area (Å²) >= 11 is 0. The predicted octanol–water partition coefficient (Wildman–Crippen LogP) is 1.23. The highest BCUT2D eigenvalue weighted by molar-refractivity contribution is 6.07. The lowest BCUT2D eigenvalue weighted by Crippen LogP contribution is -2.61. The van der Waals surface area contributed by atoms with E-state index in [2.05, 4.69) is 5.32 Å². The minimum absolute atomic E-state index is 0.0686. The number of nitrogens with zero attached hydrogens (tertiary/aromatic N) is 1. The van der Waals surface area contributed by atoms with Crippen LogP contribution >= 0.6 is 0 Å². The highest BCUT2D eigenvalue weighted by atomic mass is 16.2. The number of carbonyl (C=O) groups is 2. The fraction of sp³-hybridized carbons (Fsp3) is 0.385. The van der Waals surface area contributed by atoms with Crippen molar-refractivity contribution in [3.05, 3.63) is 29.8 Å². The smallest absolute Gasteiger partial charge is 0.250 e. The third kappa shape index (κ3) is 2.02. The zero-order valence-electron chi connectivity index (χ0n) is 10.2. The normalized spacial score (nSPS) is 24.8. The molecule has 1 aromatic carbocycles. The third-order valence-electron chi connectivity index (χ3n) is 3.05. The van der Waals surface area contributed by atoms with E-state index in [1.807, 2.05) is 31.2 Å². The van der Waals surface area contributed by atoms with E-state index in [0.717, 1.165) is 11.3 Å². The van der Waals surface area contributed by atoms with Gasteiger partial charge in [-0.25, -0.2) is 0 Å². The lowest BCUT2D eigenvalue weighted by atomic mass is 10.1. The number of hydrogen-bond donors (Lipinski definition) is 1. The van der Waals surface area contributed by atoms with E-state index in [4.69, 9.17) is 0 Å². The summed E-state index contributed by atoms with van der Waals surface area (Å²) in [7, 11) is 0. The van der Waals surface area contributed by atoms with Crippen molar-refractivity contribution in [1.29, 1.82) is 0 Å². The van der Waals surface area contributed by atoms with Crippen molar-refractivity contribution in [2.24, 2.45) is 0 Å². The predicted molar refractivity (Wildman–Crippen MR) is 65.7 cm³/mol. The first-order valence-corrected chi connectivity index (χ1v) is 5.71. The Morgan fingerprint density at radius 1 is 1.12 bits per heavy atom. The molecule has 1 aromatic rings.